The zero-order valence-electron chi connectivity index (χ0n) is 14.6. The molecule has 1 heterocycles. The Morgan fingerprint density at radius 1 is 1.38 bits per heavy atom. The largest absolute Gasteiger partial charge is 0.683 e. The number of piperazine rings is 1. The van der Waals surface area contributed by atoms with Gasteiger partial charge in [0.25, 0.3) is 0 Å². The van der Waals surface area contributed by atoms with Crippen molar-refractivity contribution < 1.29 is 64.7 Å². The van der Waals surface area contributed by atoms with Crippen molar-refractivity contribution in [3.63, 3.8) is 0 Å². The predicted octanol–water partition coefficient (Wildman–Crippen LogP) is 2.99. The van der Waals surface area contributed by atoms with E-state index in [2.05, 4.69) is 12.2 Å². The Morgan fingerprint density at radius 3 is 2.38 bits per heavy atom. The van der Waals surface area contributed by atoms with Crippen LogP contribution in [0.25, 0.3) is 5.32 Å². The molecule has 1 unspecified atom stereocenters. The molecule has 1 atom stereocenters. The van der Waals surface area contributed by atoms with Crippen LogP contribution in [0, 0.1) is 6.92 Å². The van der Waals surface area contributed by atoms with Gasteiger partial charge in [-0.2, -0.15) is 0 Å². The molecule has 1 N–H and O–H groups in total. The smallest absolute Gasteiger partial charge is 0.410 e. The molecule has 1 aliphatic heterocycles. The first kappa shape index (κ1) is 26.3. The van der Waals surface area contributed by atoms with Crippen LogP contribution in [0.1, 0.15) is 26.3 Å². The van der Waals surface area contributed by atoms with Crippen LogP contribution in [0.5, 0.6) is 0 Å². The summed E-state index contributed by atoms with van der Waals surface area (Å²) in [5, 5.41) is 12.7. The molecule has 1 fully saturated rings. The molecule has 5 nitrogen and oxygen atoms in total. The molecule has 1 saturated heterocycles. The molecule has 1 aromatic carbocycles. The number of carbonyl (C=O) groups excluding carboxylic acids is 1. The first-order valence-electron chi connectivity index (χ1n) is 7.44. The van der Waals surface area contributed by atoms with E-state index in [0.717, 1.165) is 5.56 Å². The number of ether oxygens (including phenoxy) is 1. The van der Waals surface area contributed by atoms with E-state index in [1.54, 1.807) is 4.90 Å². The van der Waals surface area contributed by atoms with Gasteiger partial charge < -0.3 is 27.0 Å². The van der Waals surface area contributed by atoms with Gasteiger partial charge in [-0.3, -0.25) is 6.04 Å². The number of amides is 1. The van der Waals surface area contributed by atoms with Gasteiger partial charge >= 0.3 is 6.09 Å². The van der Waals surface area contributed by atoms with Crippen LogP contribution in [0.2, 0.25) is 0 Å². The standard InChI is InChI=1S/C10H18N2O2.C7H8O.Cr.Y/c1-8-7-12(6-5-11-8)9(13)14-10(2,3)4;8-6-7-4-2-1-3-5-7;;/h8H,1,5-7H2,2-4H3;1-5,8H,6H2;;/q-2;;;. The second kappa shape index (κ2) is 13.3. The zero-order valence-corrected chi connectivity index (χ0v) is 18.8. The molecule has 2 rings (SSSR count). The Bertz CT molecular complexity index is 455. The molecular formula is C17H26CrN2O3Y-2. The summed E-state index contributed by atoms with van der Waals surface area (Å²) in [5.41, 5.74) is 0.537. The second-order valence-corrected chi connectivity index (χ2v) is 6.13. The summed E-state index contributed by atoms with van der Waals surface area (Å²) in [4.78, 5) is 13.3. The molecular weight excluding hydrogens is 421 g/mol. The minimum atomic E-state index is -0.428. The number of rotatable bonds is 1. The van der Waals surface area contributed by atoms with Crippen LogP contribution >= 0.6 is 0 Å². The van der Waals surface area contributed by atoms with E-state index in [1.807, 2.05) is 51.1 Å². The van der Waals surface area contributed by atoms with Crippen LogP contribution in [0.15, 0.2) is 30.3 Å². The number of hydrogen-bond donors (Lipinski definition) is 1. The third-order valence-corrected chi connectivity index (χ3v) is 2.87. The number of nitrogens with zero attached hydrogens (tertiary/aromatic N) is 2. The summed E-state index contributed by atoms with van der Waals surface area (Å²) < 4.78 is 5.24. The molecule has 1 amide bonds. The average Bonchev–Trinajstić information content (AvgIpc) is 2.47. The van der Waals surface area contributed by atoms with Crippen molar-refractivity contribution in [3.05, 3.63) is 48.1 Å². The SMILES string of the molecule is OCc1ccccc1.[CH2-]C1CN(C(=O)OC(C)(C)C)CC[N-]1.[Cr].[Y]. The van der Waals surface area contributed by atoms with Crippen LogP contribution < -0.4 is 0 Å². The maximum Gasteiger partial charge on any atom is 0.410 e. The number of carbonyl (C=O) groups is 1. The van der Waals surface area contributed by atoms with Gasteiger partial charge in [0, 0.05) is 56.6 Å². The molecule has 0 spiro atoms. The third kappa shape index (κ3) is 11.6. The van der Waals surface area contributed by atoms with Crippen molar-refractivity contribution in [3.8, 4) is 0 Å². The van der Waals surface area contributed by atoms with Crippen molar-refractivity contribution in [2.75, 3.05) is 19.6 Å². The monoisotopic (exact) mass is 447 g/mol. The van der Waals surface area contributed by atoms with E-state index in [0.29, 0.717) is 19.6 Å². The normalized spacial score (nSPS) is 16.7. The fraction of sp³-hybridized carbons (Fsp3) is 0.529. The first-order valence-corrected chi connectivity index (χ1v) is 7.44. The summed E-state index contributed by atoms with van der Waals surface area (Å²) in [6.07, 6.45) is -0.263. The summed E-state index contributed by atoms with van der Waals surface area (Å²) in [6.45, 7) is 11.4. The van der Waals surface area contributed by atoms with Crippen molar-refractivity contribution >= 4 is 6.09 Å². The summed E-state index contributed by atoms with van der Waals surface area (Å²) in [7, 11) is 0. The summed E-state index contributed by atoms with van der Waals surface area (Å²) >= 11 is 0. The van der Waals surface area contributed by atoms with Gasteiger partial charge in [-0.05, 0) is 32.9 Å². The molecule has 133 valence electrons. The molecule has 0 bridgehead atoms. The van der Waals surface area contributed by atoms with Gasteiger partial charge in [-0.25, -0.2) is 4.79 Å². The average molecular weight is 447 g/mol. The number of hydrogen-bond acceptors (Lipinski definition) is 3. The minimum absolute atomic E-state index is 0. The fourth-order valence-electron chi connectivity index (χ4n) is 1.84. The summed E-state index contributed by atoms with van der Waals surface area (Å²) in [6, 6.07) is 9.51. The molecule has 24 heavy (non-hydrogen) atoms. The Hall–Kier alpha value is 0.0464. The molecule has 1 aromatic rings. The van der Waals surface area contributed by atoms with Gasteiger partial charge in [0.1, 0.15) is 5.60 Å². The van der Waals surface area contributed by atoms with Gasteiger partial charge in [-0.1, -0.05) is 30.3 Å². The first-order chi connectivity index (χ1) is 10.3. The van der Waals surface area contributed by atoms with Crippen LogP contribution in [0.4, 0.5) is 4.79 Å². The minimum Gasteiger partial charge on any atom is -0.683 e. The molecule has 0 aromatic heterocycles. The van der Waals surface area contributed by atoms with E-state index in [1.165, 1.54) is 0 Å². The van der Waals surface area contributed by atoms with Crippen LogP contribution in [0.3, 0.4) is 0 Å². The topological polar surface area (TPSA) is 63.9 Å². The van der Waals surface area contributed by atoms with Gasteiger partial charge in [0.05, 0.1) is 6.61 Å². The number of benzene rings is 1. The van der Waals surface area contributed by atoms with E-state index in [4.69, 9.17) is 9.84 Å². The van der Waals surface area contributed by atoms with Crippen LogP contribution in [-0.2, 0) is 61.4 Å². The van der Waals surface area contributed by atoms with E-state index in [9.17, 15) is 4.79 Å². The quantitative estimate of drug-likeness (QED) is 0.674. The van der Waals surface area contributed by atoms with Crippen LogP contribution in [-0.4, -0.2) is 47.4 Å². The molecule has 7 heteroatoms. The molecule has 0 saturated carbocycles. The van der Waals surface area contributed by atoms with Gasteiger partial charge in [0.2, 0.25) is 0 Å². The maximum atomic E-state index is 11.6. The van der Waals surface area contributed by atoms with Crippen molar-refractivity contribution in [1.29, 1.82) is 0 Å². The number of aliphatic hydroxyl groups excluding tert-OH is 1. The number of aliphatic hydroxyl groups is 1. The zero-order chi connectivity index (χ0) is 16.6. The van der Waals surface area contributed by atoms with E-state index < -0.39 is 5.60 Å². The van der Waals surface area contributed by atoms with E-state index in [-0.39, 0.29) is 68.8 Å². The summed E-state index contributed by atoms with van der Waals surface area (Å²) in [5.74, 6) is 0. The fourth-order valence-corrected chi connectivity index (χ4v) is 1.84. The van der Waals surface area contributed by atoms with Crippen molar-refractivity contribution in [1.82, 2.24) is 4.90 Å². The Kier molecular flexibility index (Phi) is 14.5. The van der Waals surface area contributed by atoms with E-state index >= 15 is 0 Å². The Balaban J connectivity index is 0. The maximum absolute atomic E-state index is 11.6. The second-order valence-electron chi connectivity index (χ2n) is 6.13. The van der Waals surface area contributed by atoms with Crippen molar-refractivity contribution in [2.45, 2.75) is 39.0 Å². The third-order valence-electron chi connectivity index (χ3n) is 2.87. The molecule has 0 aliphatic carbocycles. The Labute approximate surface area is 181 Å². The van der Waals surface area contributed by atoms with Gasteiger partial charge in [-0.15, -0.1) is 6.54 Å². The predicted molar refractivity (Wildman–Crippen MR) is 87.5 cm³/mol. The Morgan fingerprint density at radius 2 is 1.96 bits per heavy atom. The molecule has 1 radical (unpaired) electrons. The molecule has 1 aliphatic rings. The van der Waals surface area contributed by atoms with Gasteiger partial charge in [0.15, 0.2) is 0 Å². The van der Waals surface area contributed by atoms with Crippen molar-refractivity contribution in [2.24, 2.45) is 0 Å².